The molecule has 0 amide bonds. The third kappa shape index (κ3) is 4.94. The molecule has 0 bridgehead atoms. The minimum absolute atomic E-state index is 0.135. The molecule has 0 saturated carbocycles. The zero-order valence-corrected chi connectivity index (χ0v) is 10.7. The Morgan fingerprint density at radius 2 is 2.31 bits per heavy atom. The van der Waals surface area contributed by atoms with Gasteiger partial charge in [0.05, 0.1) is 13.7 Å². The second-order valence-corrected chi connectivity index (χ2v) is 4.95. The van der Waals surface area contributed by atoms with Gasteiger partial charge >= 0.3 is 5.97 Å². The highest BCUT2D eigenvalue weighted by molar-refractivity contribution is 5.71. The second-order valence-electron chi connectivity index (χ2n) is 4.95. The van der Waals surface area contributed by atoms with Gasteiger partial charge in [0.1, 0.15) is 0 Å². The van der Waals surface area contributed by atoms with Crippen LogP contribution in [0.2, 0.25) is 0 Å². The highest BCUT2D eigenvalue weighted by Crippen LogP contribution is 2.10. The minimum atomic E-state index is -0.135. The van der Waals surface area contributed by atoms with Gasteiger partial charge in [0.15, 0.2) is 0 Å². The summed E-state index contributed by atoms with van der Waals surface area (Å²) in [5.74, 6) is 0.542. The lowest BCUT2D eigenvalue weighted by Crippen LogP contribution is -2.48. The number of carbonyl (C=O) groups is 1. The van der Waals surface area contributed by atoms with Crippen LogP contribution in [0.25, 0.3) is 0 Å². The summed E-state index contributed by atoms with van der Waals surface area (Å²) in [7, 11) is 1.45. The first kappa shape index (κ1) is 13.5. The van der Waals surface area contributed by atoms with Crippen LogP contribution in [0.4, 0.5) is 0 Å². The Balaban J connectivity index is 2.26. The van der Waals surface area contributed by atoms with Crippen molar-refractivity contribution in [3.8, 4) is 0 Å². The molecule has 0 spiro atoms. The number of hydrogen-bond donors (Lipinski definition) is 1. The lowest BCUT2D eigenvalue weighted by atomic mass is 10.0. The number of rotatable bonds is 5. The number of piperidine rings is 1. The molecule has 1 unspecified atom stereocenters. The van der Waals surface area contributed by atoms with Crippen molar-refractivity contribution in [3.63, 3.8) is 0 Å². The molecule has 0 aliphatic carbocycles. The van der Waals surface area contributed by atoms with Crippen molar-refractivity contribution in [1.82, 2.24) is 10.2 Å². The van der Waals surface area contributed by atoms with E-state index in [9.17, 15) is 4.79 Å². The van der Waals surface area contributed by atoms with E-state index < -0.39 is 0 Å². The second kappa shape index (κ2) is 6.86. The molecule has 94 valence electrons. The quantitative estimate of drug-likeness (QED) is 0.709. The first-order chi connectivity index (χ1) is 7.61. The van der Waals surface area contributed by atoms with Gasteiger partial charge in [-0.25, -0.2) is 0 Å². The van der Waals surface area contributed by atoms with Crippen LogP contribution in [0.1, 0.15) is 26.7 Å². The molecule has 1 fully saturated rings. The van der Waals surface area contributed by atoms with Gasteiger partial charge in [0, 0.05) is 12.6 Å². The fraction of sp³-hybridized carbons (Fsp3) is 0.917. The number of likely N-dealkylation sites (tertiary alicyclic amines) is 1. The average Bonchev–Trinajstić information content (AvgIpc) is 2.26. The van der Waals surface area contributed by atoms with E-state index in [1.807, 2.05) is 0 Å². The van der Waals surface area contributed by atoms with Gasteiger partial charge < -0.3 is 10.1 Å². The molecule has 1 N–H and O–H groups in total. The molecule has 0 radical (unpaired) electrons. The molecule has 1 rings (SSSR count). The van der Waals surface area contributed by atoms with E-state index in [0.717, 1.165) is 26.1 Å². The van der Waals surface area contributed by atoms with Gasteiger partial charge in [-0.15, -0.1) is 0 Å². The lowest BCUT2D eigenvalue weighted by molar-refractivity contribution is -0.142. The van der Waals surface area contributed by atoms with Crippen molar-refractivity contribution in [2.45, 2.75) is 32.7 Å². The van der Waals surface area contributed by atoms with Gasteiger partial charge in [0.2, 0.25) is 0 Å². The SMILES string of the molecule is COC(=O)CN1CCCC(NCC(C)C)C1. The molecule has 0 aromatic rings. The van der Waals surface area contributed by atoms with Gasteiger partial charge in [-0.05, 0) is 31.8 Å². The van der Waals surface area contributed by atoms with E-state index in [1.54, 1.807) is 0 Å². The fourth-order valence-electron chi connectivity index (χ4n) is 2.02. The Bertz CT molecular complexity index is 219. The maximum absolute atomic E-state index is 11.2. The van der Waals surface area contributed by atoms with Crippen LogP contribution in [0, 0.1) is 5.92 Å². The van der Waals surface area contributed by atoms with Crippen LogP contribution in [-0.2, 0) is 9.53 Å². The van der Waals surface area contributed by atoms with Crippen molar-refractivity contribution in [2.24, 2.45) is 5.92 Å². The molecule has 16 heavy (non-hydrogen) atoms. The maximum atomic E-state index is 11.2. The smallest absolute Gasteiger partial charge is 0.319 e. The summed E-state index contributed by atoms with van der Waals surface area (Å²) >= 11 is 0. The highest BCUT2D eigenvalue weighted by Gasteiger charge is 2.21. The van der Waals surface area contributed by atoms with Gasteiger partial charge in [0.25, 0.3) is 0 Å². The standard InChI is InChI=1S/C12H24N2O2/c1-10(2)7-13-11-5-4-6-14(8-11)9-12(15)16-3/h10-11,13H,4-9H2,1-3H3. The number of carbonyl (C=O) groups excluding carboxylic acids is 1. The predicted octanol–water partition coefficient (Wildman–Crippen LogP) is 0.869. The number of methoxy groups -OCH3 is 1. The Labute approximate surface area is 98.3 Å². The van der Waals surface area contributed by atoms with Crippen molar-refractivity contribution < 1.29 is 9.53 Å². The molecule has 0 aromatic carbocycles. The summed E-state index contributed by atoms with van der Waals surface area (Å²) < 4.78 is 4.69. The molecule has 1 atom stereocenters. The predicted molar refractivity (Wildman–Crippen MR) is 64.3 cm³/mol. The minimum Gasteiger partial charge on any atom is -0.468 e. The van der Waals surface area contributed by atoms with Crippen molar-refractivity contribution in [3.05, 3.63) is 0 Å². The Kier molecular flexibility index (Phi) is 5.77. The molecule has 0 aromatic heterocycles. The Morgan fingerprint density at radius 1 is 1.56 bits per heavy atom. The third-order valence-corrected chi connectivity index (χ3v) is 2.90. The first-order valence-corrected chi connectivity index (χ1v) is 6.14. The molecule has 1 aliphatic heterocycles. The third-order valence-electron chi connectivity index (χ3n) is 2.90. The summed E-state index contributed by atoms with van der Waals surface area (Å²) in [4.78, 5) is 13.3. The van der Waals surface area contributed by atoms with Crippen LogP contribution >= 0.6 is 0 Å². The zero-order valence-electron chi connectivity index (χ0n) is 10.7. The summed E-state index contributed by atoms with van der Waals surface area (Å²) in [6.07, 6.45) is 2.37. The first-order valence-electron chi connectivity index (χ1n) is 6.14. The molecule has 4 nitrogen and oxygen atoms in total. The van der Waals surface area contributed by atoms with E-state index in [-0.39, 0.29) is 5.97 Å². The Hall–Kier alpha value is -0.610. The molecular formula is C12H24N2O2. The number of hydrogen-bond acceptors (Lipinski definition) is 4. The fourth-order valence-corrected chi connectivity index (χ4v) is 2.02. The Morgan fingerprint density at radius 3 is 2.94 bits per heavy atom. The zero-order chi connectivity index (χ0) is 12.0. The van der Waals surface area contributed by atoms with E-state index in [1.165, 1.54) is 13.5 Å². The highest BCUT2D eigenvalue weighted by atomic mass is 16.5. The van der Waals surface area contributed by atoms with E-state index in [0.29, 0.717) is 18.5 Å². The number of nitrogens with zero attached hydrogens (tertiary/aromatic N) is 1. The molecule has 1 aliphatic rings. The summed E-state index contributed by atoms with van der Waals surface area (Å²) in [5, 5.41) is 3.55. The maximum Gasteiger partial charge on any atom is 0.319 e. The summed E-state index contributed by atoms with van der Waals surface area (Å²) in [6.45, 7) is 7.87. The van der Waals surface area contributed by atoms with E-state index in [2.05, 4.69) is 28.8 Å². The van der Waals surface area contributed by atoms with E-state index in [4.69, 9.17) is 0 Å². The van der Waals surface area contributed by atoms with Crippen molar-refractivity contribution in [1.29, 1.82) is 0 Å². The number of ether oxygens (including phenoxy) is 1. The van der Waals surface area contributed by atoms with Gasteiger partial charge in [-0.1, -0.05) is 13.8 Å². The van der Waals surface area contributed by atoms with Crippen LogP contribution in [0.15, 0.2) is 0 Å². The topological polar surface area (TPSA) is 41.6 Å². The van der Waals surface area contributed by atoms with Gasteiger partial charge in [-0.3, -0.25) is 9.69 Å². The number of nitrogens with one attached hydrogen (secondary N) is 1. The van der Waals surface area contributed by atoms with Crippen LogP contribution in [0.5, 0.6) is 0 Å². The molecular weight excluding hydrogens is 204 g/mol. The van der Waals surface area contributed by atoms with Crippen molar-refractivity contribution >= 4 is 5.97 Å². The molecule has 1 saturated heterocycles. The van der Waals surface area contributed by atoms with Gasteiger partial charge in [-0.2, -0.15) is 0 Å². The summed E-state index contributed by atoms with van der Waals surface area (Å²) in [6, 6.07) is 0.529. The van der Waals surface area contributed by atoms with Crippen LogP contribution < -0.4 is 5.32 Å². The number of esters is 1. The normalized spacial score (nSPS) is 22.4. The van der Waals surface area contributed by atoms with Crippen LogP contribution in [0.3, 0.4) is 0 Å². The van der Waals surface area contributed by atoms with Crippen LogP contribution in [-0.4, -0.2) is 50.2 Å². The molecule has 4 heteroatoms. The van der Waals surface area contributed by atoms with Crippen molar-refractivity contribution in [2.75, 3.05) is 33.3 Å². The monoisotopic (exact) mass is 228 g/mol. The lowest BCUT2D eigenvalue weighted by Gasteiger charge is -2.32. The molecule has 1 heterocycles. The summed E-state index contributed by atoms with van der Waals surface area (Å²) in [5.41, 5.74) is 0. The largest absolute Gasteiger partial charge is 0.468 e. The average molecular weight is 228 g/mol. The van der Waals surface area contributed by atoms with E-state index >= 15 is 0 Å².